The Morgan fingerprint density at radius 1 is 0.500 bits per heavy atom. The van der Waals surface area contributed by atoms with Crippen LogP contribution in [0.5, 0.6) is 0 Å². The molecule has 0 amide bonds. The van der Waals surface area contributed by atoms with Gasteiger partial charge in [0.05, 0.1) is 0 Å². The maximum atomic E-state index is 6.78. The monoisotopic (exact) mass is 371 g/mol. The fourth-order valence-corrected chi connectivity index (χ4v) is 4.45. The Bertz CT molecular complexity index is 894. The van der Waals surface area contributed by atoms with E-state index in [1.54, 1.807) is 0 Å². The summed E-state index contributed by atoms with van der Waals surface area (Å²) in [5.41, 5.74) is 19.3. The molecule has 0 saturated carbocycles. The van der Waals surface area contributed by atoms with Gasteiger partial charge in [0.15, 0.2) is 0 Å². The number of benzene rings is 3. The molecule has 2 unspecified atom stereocenters. The molecule has 0 saturated heterocycles. The lowest BCUT2D eigenvalue weighted by Crippen LogP contribution is -2.09. The first kappa shape index (κ1) is 20.2. The maximum Gasteiger partial charge on any atom is 0.0391 e. The Morgan fingerprint density at radius 2 is 0.786 bits per heavy atom. The SMILES string of the molecule is Cc1cc(C)cc(C(C)c2cc(C)cc(C(C)c3cc(C)cc(C)c3)c2N)c1. The molecule has 0 aliphatic carbocycles. The van der Waals surface area contributed by atoms with E-state index in [2.05, 4.69) is 97.0 Å². The van der Waals surface area contributed by atoms with Crippen molar-refractivity contribution in [1.29, 1.82) is 0 Å². The van der Waals surface area contributed by atoms with E-state index in [0.717, 1.165) is 5.69 Å². The van der Waals surface area contributed by atoms with Gasteiger partial charge in [0.25, 0.3) is 0 Å². The molecule has 0 fully saturated rings. The van der Waals surface area contributed by atoms with Crippen molar-refractivity contribution in [2.45, 2.75) is 60.3 Å². The van der Waals surface area contributed by atoms with Crippen molar-refractivity contribution in [2.75, 3.05) is 5.73 Å². The third-order valence-electron chi connectivity index (χ3n) is 5.81. The third kappa shape index (κ3) is 4.14. The zero-order valence-electron chi connectivity index (χ0n) is 18.4. The van der Waals surface area contributed by atoms with Crippen LogP contribution in [0.1, 0.15) is 75.8 Å². The van der Waals surface area contributed by atoms with Gasteiger partial charge in [-0.2, -0.15) is 0 Å². The van der Waals surface area contributed by atoms with Crippen LogP contribution in [0, 0.1) is 34.6 Å². The van der Waals surface area contributed by atoms with E-state index in [4.69, 9.17) is 5.73 Å². The van der Waals surface area contributed by atoms with E-state index >= 15 is 0 Å². The molecule has 3 rings (SSSR count). The molecular formula is C27H33N. The van der Waals surface area contributed by atoms with Gasteiger partial charge in [-0.05, 0) is 56.9 Å². The van der Waals surface area contributed by atoms with Crippen LogP contribution >= 0.6 is 0 Å². The first-order chi connectivity index (χ1) is 13.2. The van der Waals surface area contributed by atoms with Gasteiger partial charge >= 0.3 is 0 Å². The molecule has 2 N–H and O–H groups in total. The second-order valence-electron chi connectivity index (χ2n) is 8.64. The van der Waals surface area contributed by atoms with Crippen molar-refractivity contribution >= 4 is 5.69 Å². The van der Waals surface area contributed by atoms with Gasteiger partial charge in [0.1, 0.15) is 0 Å². The summed E-state index contributed by atoms with van der Waals surface area (Å²) in [7, 11) is 0. The highest BCUT2D eigenvalue weighted by molar-refractivity contribution is 5.61. The van der Waals surface area contributed by atoms with Crippen LogP contribution in [0.25, 0.3) is 0 Å². The first-order valence-electron chi connectivity index (χ1n) is 10.2. The average Bonchev–Trinajstić information content (AvgIpc) is 2.60. The predicted molar refractivity (Wildman–Crippen MR) is 122 cm³/mol. The Kier molecular flexibility index (Phi) is 5.65. The van der Waals surface area contributed by atoms with Crippen molar-refractivity contribution in [3.63, 3.8) is 0 Å². The van der Waals surface area contributed by atoms with Crippen LogP contribution in [-0.2, 0) is 0 Å². The Morgan fingerprint density at radius 3 is 1.11 bits per heavy atom. The summed E-state index contributed by atoms with van der Waals surface area (Å²) < 4.78 is 0. The molecule has 2 atom stereocenters. The highest BCUT2D eigenvalue weighted by Gasteiger charge is 2.19. The van der Waals surface area contributed by atoms with Gasteiger partial charge in [0, 0.05) is 17.5 Å². The van der Waals surface area contributed by atoms with E-state index in [1.807, 2.05) is 0 Å². The number of anilines is 1. The molecule has 0 aliphatic rings. The van der Waals surface area contributed by atoms with Crippen LogP contribution < -0.4 is 5.73 Å². The van der Waals surface area contributed by atoms with E-state index in [-0.39, 0.29) is 11.8 Å². The largest absolute Gasteiger partial charge is 0.398 e. The Balaban J connectivity index is 2.09. The topological polar surface area (TPSA) is 26.0 Å². The number of rotatable bonds is 4. The molecular weight excluding hydrogens is 338 g/mol. The second kappa shape index (κ2) is 7.83. The maximum absolute atomic E-state index is 6.78. The molecule has 3 aromatic carbocycles. The standard InChI is InChI=1S/C27H33N/c1-16-8-17(2)11-23(10-16)21(6)25-14-20(5)15-26(27(25)28)22(7)24-12-18(3)9-19(4)13-24/h8-15,21-22H,28H2,1-7H3. The first-order valence-corrected chi connectivity index (χ1v) is 10.2. The van der Waals surface area contributed by atoms with Crippen LogP contribution in [0.4, 0.5) is 5.69 Å². The summed E-state index contributed by atoms with van der Waals surface area (Å²) in [6.07, 6.45) is 0. The zero-order chi connectivity index (χ0) is 20.6. The minimum atomic E-state index is 0.267. The van der Waals surface area contributed by atoms with Crippen LogP contribution in [-0.4, -0.2) is 0 Å². The quantitative estimate of drug-likeness (QED) is 0.486. The van der Waals surface area contributed by atoms with Gasteiger partial charge in [-0.1, -0.05) is 90.2 Å². The van der Waals surface area contributed by atoms with E-state index in [1.165, 1.54) is 50.1 Å². The van der Waals surface area contributed by atoms with Gasteiger partial charge in [0.2, 0.25) is 0 Å². The number of aryl methyl sites for hydroxylation is 5. The molecule has 0 heterocycles. The number of nitrogens with two attached hydrogens (primary N) is 1. The van der Waals surface area contributed by atoms with E-state index in [0.29, 0.717) is 0 Å². The molecule has 0 spiro atoms. The molecule has 1 nitrogen and oxygen atoms in total. The number of hydrogen-bond acceptors (Lipinski definition) is 1. The molecule has 0 aliphatic heterocycles. The lowest BCUT2D eigenvalue weighted by Gasteiger charge is -2.23. The lowest BCUT2D eigenvalue weighted by molar-refractivity contribution is 0.885. The normalized spacial score (nSPS) is 13.4. The van der Waals surface area contributed by atoms with Crippen molar-refractivity contribution in [1.82, 2.24) is 0 Å². The third-order valence-corrected chi connectivity index (χ3v) is 5.81. The fourth-order valence-electron chi connectivity index (χ4n) is 4.45. The molecule has 1 heteroatoms. The number of nitrogen functional groups attached to an aromatic ring is 1. The highest BCUT2D eigenvalue weighted by Crippen LogP contribution is 2.37. The van der Waals surface area contributed by atoms with Crippen molar-refractivity contribution < 1.29 is 0 Å². The van der Waals surface area contributed by atoms with Gasteiger partial charge in [-0.3, -0.25) is 0 Å². The Hall–Kier alpha value is -2.54. The van der Waals surface area contributed by atoms with Crippen molar-refractivity contribution in [2.24, 2.45) is 0 Å². The van der Waals surface area contributed by atoms with E-state index < -0.39 is 0 Å². The molecule has 28 heavy (non-hydrogen) atoms. The molecule has 146 valence electrons. The Labute approximate surface area is 170 Å². The highest BCUT2D eigenvalue weighted by atomic mass is 14.6. The summed E-state index contributed by atoms with van der Waals surface area (Å²) in [5, 5.41) is 0. The molecule has 0 aromatic heterocycles. The van der Waals surface area contributed by atoms with Crippen molar-refractivity contribution in [3.05, 3.63) is 98.6 Å². The minimum absolute atomic E-state index is 0.267. The molecule has 0 bridgehead atoms. The zero-order valence-corrected chi connectivity index (χ0v) is 18.4. The molecule has 0 radical (unpaired) electrons. The second-order valence-corrected chi connectivity index (χ2v) is 8.64. The predicted octanol–water partition coefficient (Wildman–Crippen LogP) is 7.11. The summed E-state index contributed by atoms with van der Waals surface area (Å²) in [5.74, 6) is 0.535. The lowest BCUT2D eigenvalue weighted by atomic mass is 9.83. The number of hydrogen-bond donors (Lipinski definition) is 1. The minimum Gasteiger partial charge on any atom is -0.398 e. The summed E-state index contributed by atoms with van der Waals surface area (Å²) in [6, 6.07) is 18.1. The summed E-state index contributed by atoms with van der Waals surface area (Å²) in [4.78, 5) is 0. The van der Waals surface area contributed by atoms with Crippen LogP contribution in [0.3, 0.4) is 0 Å². The average molecular weight is 372 g/mol. The molecule has 3 aromatic rings. The van der Waals surface area contributed by atoms with Crippen LogP contribution in [0.15, 0.2) is 48.5 Å². The fraction of sp³-hybridized carbons (Fsp3) is 0.333. The van der Waals surface area contributed by atoms with Gasteiger partial charge < -0.3 is 5.73 Å². The van der Waals surface area contributed by atoms with Crippen LogP contribution in [0.2, 0.25) is 0 Å². The van der Waals surface area contributed by atoms with Gasteiger partial charge in [-0.15, -0.1) is 0 Å². The summed E-state index contributed by atoms with van der Waals surface area (Å²) in [6.45, 7) is 15.4. The van der Waals surface area contributed by atoms with Gasteiger partial charge in [-0.25, -0.2) is 0 Å². The van der Waals surface area contributed by atoms with E-state index in [9.17, 15) is 0 Å². The smallest absolute Gasteiger partial charge is 0.0391 e. The summed E-state index contributed by atoms with van der Waals surface area (Å²) >= 11 is 0. The van der Waals surface area contributed by atoms with Crippen molar-refractivity contribution in [3.8, 4) is 0 Å².